The van der Waals surface area contributed by atoms with E-state index in [1.165, 1.54) is 17.7 Å². The van der Waals surface area contributed by atoms with Crippen LogP contribution in [0.5, 0.6) is 11.5 Å². The molecular formula is C34H42N4O4S. The van der Waals surface area contributed by atoms with Crippen LogP contribution in [0.15, 0.2) is 65.7 Å². The summed E-state index contributed by atoms with van der Waals surface area (Å²) in [4.78, 5) is 31.2. The molecule has 43 heavy (non-hydrogen) atoms. The summed E-state index contributed by atoms with van der Waals surface area (Å²) < 4.78 is 6.39. The molecule has 1 unspecified atom stereocenters. The van der Waals surface area contributed by atoms with E-state index in [0.717, 1.165) is 23.3 Å². The lowest BCUT2D eigenvalue weighted by Crippen LogP contribution is -2.33. The maximum atomic E-state index is 13.6. The van der Waals surface area contributed by atoms with E-state index in [-0.39, 0.29) is 33.6 Å². The molecule has 0 bridgehead atoms. The second-order valence-electron chi connectivity index (χ2n) is 11.8. The second-order valence-corrected chi connectivity index (χ2v) is 11.9. The maximum absolute atomic E-state index is 13.6. The summed E-state index contributed by atoms with van der Waals surface area (Å²) >= 11 is 4.84. The molecule has 3 amide bonds. The van der Waals surface area contributed by atoms with Gasteiger partial charge in [-0.05, 0) is 72.1 Å². The van der Waals surface area contributed by atoms with Crippen molar-refractivity contribution in [1.82, 2.24) is 0 Å². The Morgan fingerprint density at radius 1 is 1.02 bits per heavy atom. The Hall–Kier alpha value is -4.20. The molecule has 0 saturated carbocycles. The van der Waals surface area contributed by atoms with Gasteiger partial charge in [0.05, 0.1) is 27.9 Å². The largest absolute Gasteiger partial charge is 0.506 e. The number of nitrogens with zero attached hydrogens (tertiary/aromatic N) is 2. The minimum atomic E-state index is -0.839. The number of para-hydroxylation sites is 1. The number of nitrogens with two attached hydrogens (primary N) is 1. The summed E-state index contributed by atoms with van der Waals surface area (Å²) in [5.41, 5.74) is 8.62. The first kappa shape index (κ1) is 33.3. The number of aromatic hydroxyl groups is 1. The number of carbonyl (C=O) groups is 2. The number of amides is 3. The first-order chi connectivity index (χ1) is 20.3. The van der Waals surface area contributed by atoms with Gasteiger partial charge in [-0.15, -0.1) is 0 Å². The Bertz CT molecular complexity index is 1510. The van der Waals surface area contributed by atoms with E-state index in [1.54, 1.807) is 30.3 Å². The highest BCUT2D eigenvalue weighted by atomic mass is 32.1. The van der Waals surface area contributed by atoms with Crippen LogP contribution in [0.2, 0.25) is 0 Å². The van der Waals surface area contributed by atoms with Gasteiger partial charge in [0, 0.05) is 11.6 Å². The van der Waals surface area contributed by atoms with Gasteiger partial charge in [0.15, 0.2) is 6.10 Å². The number of phenols is 1. The van der Waals surface area contributed by atoms with Crippen LogP contribution < -0.4 is 20.7 Å². The number of benzene rings is 3. The normalized spacial score (nSPS) is 12.2. The standard InChI is InChI=1S/C34H42N4O4S/c1-8-29(42-30-17-16-22(33(4,5)9-2)18-24(30)34(6,7)10-3)31(40)37-26-20-28(39)27(19-25(26)36-21-43)38(32(35)41)23-14-12-11-13-15-23/h11-20,29,39H,8-10H2,1-7H3,(H2,35,41)(H,37,40). The molecule has 4 N–H and O–H groups in total. The summed E-state index contributed by atoms with van der Waals surface area (Å²) in [6.07, 6.45) is 1.42. The molecule has 0 aromatic heterocycles. The number of aliphatic imine (C=N–C) groups is 1. The van der Waals surface area contributed by atoms with Crippen molar-refractivity contribution in [2.24, 2.45) is 10.7 Å². The fourth-order valence-electron chi connectivity index (χ4n) is 4.61. The minimum Gasteiger partial charge on any atom is -0.506 e. The van der Waals surface area contributed by atoms with Gasteiger partial charge in [0.25, 0.3) is 5.91 Å². The number of ether oxygens (including phenoxy) is 1. The Balaban J connectivity index is 1.99. The van der Waals surface area contributed by atoms with Crippen molar-refractivity contribution in [3.63, 3.8) is 0 Å². The van der Waals surface area contributed by atoms with E-state index < -0.39 is 18.0 Å². The highest BCUT2D eigenvalue weighted by Crippen LogP contribution is 2.42. The van der Waals surface area contributed by atoms with E-state index in [4.69, 9.17) is 22.7 Å². The van der Waals surface area contributed by atoms with Gasteiger partial charge in [-0.25, -0.2) is 4.79 Å². The second kappa shape index (κ2) is 13.8. The summed E-state index contributed by atoms with van der Waals surface area (Å²) in [6.45, 7) is 15.0. The predicted octanol–water partition coefficient (Wildman–Crippen LogP) is 8.51. The predicted molar refractivity (Wildman–Crippen MR) is 177 cm³/mol. The molecule has 8 nitrogen and oxygen atoms in total. The number of primary amides is 1. The molecule has 0 heterocycles. The lowest BCUT2D eigenvalue weighted by atomic mass is 9.76. The molecular weight excluding hydrogens is 560 g/mol. The van der Waals surface area contributed by atoms with E-state index in [2.05, 4.69) is 69.1 Å². The van der Waals surface area contributed by atoms with Crippen molar-refractivity contribution in [2.45, 2.75) is 84.7 Å². The van der Waals surface area contributed by atoms with E-state index in [0.29, 0.717) is 17.9 Å². The van der Waals surface area contributed by atoms with Gasteiger partial charge in [0.1, 0.15) is 11.5 Å². The number of rotatable bonds is 12. The number of anilines is 3. The number of phenolic OH excluding ortho intramolecular Hbond substituents is 1. The number of urea groups is 1. The smallest absolute Gasteiger partial charge is 0.324 e. The zero-order valence-corrected chi connectivity index (χ0v) is 26.8. The van der Waals surface area contributed by atoms with Crippen LogP contribution in [0, 0.1) is 0 Å². The van der Waals surface area contributed by atoms with Crippen molar-refractivity contribution in [3.05, 3.63) is 71.8 Å². The summed E-state index contributed by atoms with van der Waals surface area (Å²) in [6, 6.07) is 16.8. The van der Waals surface area contributed by atoms with Crippen molar-refractivity contribution in [3.8, 4) is 11.5 Å². The van der Waals surface area contributed by atoms with Gasteiger partial charge in [0.2, 0.25) is 0 Å². The molecule has 3 aromatic rings. The average Bonchev–Trinajstić information content (AvgIpc) is 2.98. The lowest BCUT2D eigenvalue weighted by Gasteiger charge is -2.31. The third-order valence-corrected chi connectivity index (χ3v) is 8.27. The van der Waals surface area contributed by atoms with E-state index in [9.17, 15) is 14.7 Å². The van der Waals surface area contributed by atoms with Crippen molar-refractivity contribution >= 4 is 52.1 Å². The summed E-state index contributed by atoms with van der Waals surface area (Å²) in [5.74, 6) is -0.0698. The summed E-state index contributed by atoms with van der Waals surface area (Å²) in [7, 11) is 0. The molecule has 228 valence electrons. The molecule has 0 spiro atoms. The number of thiocarbonyl (C=S) groups is 1. The van der Waals surface area contributed by atoms with E-state index in [1.807, 2.05) is 13.0 Å². The molecule has 3 rings (SSSR count). The zero-order chi connectivity index (χ0) is 31.9. The third-order valence-electron chi connectivity index (χ3n) is 8.18. The Morgan fingerprint density at radius 2 is 1.67 bits per heavy atom. The topological polar surface area (TPSA) is 117 Å². The van der Waals surface area contributed by atoms with Crippen molar-refractivity contribution < 1.29 is 19.4 Å². The molecule has 0 fully saturated rings. The minimum absolute atomic E-state index is 0.00392. The van der Waals surface area contributed by atoms with Crippen LogP contribution in [0.1, 0.15) is 78.9 Å². The Labute approximate surface area is 260 Å². The van der Waals surface area contributed by atoms with E-state index >= 15 is 0 Å². The molecule has 9 heteroatoms. The Morgan fingerprint density at radius 3 is 2.23 bits per heavy atom. The van der Waals surface area contributed by atoms with Gasteiger partial charge >= 0.3 is 6.03 Å². The number of isothiocyanates is 1. The Kier molecular flexibility index (Phi) is 10.7. The van der Waals surface area contributed by atoms with Crippen LogP contribution in [0.25, 0.3) is 0 Å². The van der Waals surface area contributed by atoms with Crippen LogP contribution in [0.3, 0.4) is 0 Å². The number of hydrogen-bond acceptors (Lipinski definition) is 6. The van der Waals surface area contributed by atoms with Crippen LogP contribution in [-0.2, 0) is 15.6 Å². The average molecular weight is 603 g/mol. The monoisotopic (exact) mass is 602 g/mol. The molecule has 3 aromatic carbocycles. The first-order valence-corrected chi connectivity index (χ1v) is 14.9. The van der Waals surface area contributed by atoms with Gasteiger partial charge in [-0.1, -0.05) is 78.8 Å². The maximum Gasteiger partial charge on any atom is 0.324 e. The van der Waals surface area contributed by atoms with Crippen molar-refractivity contribution in [1.29, 1.82) is 0 Å². The van der Waals surface area contributed by atoms with Crippen LogP contribution in [-0.4, -0.2) is 28.3 Å². The van der Waals surface area contributed by atoms with Crippen molar-refractivity contribution in [2.75, 3.05) is 10.2 Å². The fraction of sp³-hybridized carbons (Fsp3) is 0.382. The lowest BCUT2D eigenvalue weighted by molar-refractivity contribution is -0.122. The quantitative estimate of drug-likeness (QED) is 0.142. The molecule has 0 radical (unpaired) electrons. The molecule has 0 aliphatic heterocycles. The van der Waals surface area contributed by atoms with Crippen LogP contribution >= 0.6 is 12.2 Å². The molecule has 0 aliphatic carbocycles. The number of hydrogen-bond donors (Lipinski definition) is 3. The van der Waals surface area contributed by atoms with Crippen LogP contribution in [0.4, 0.5) is 27.5 Å². The first-order valence-electron chi connectivity index (χ1n) is 14.5. The van der Waals surface area contributed by atoms with Gasteiger partial charge in [-0.2, -0.15) is 4.99 Å². The SMILES string of the molecule is CCC(Oc1ccc(C(C)(C)CC)cc1C(C)(C)CC)C(=O)Nc1cc(O)c(N(C(N)=O)c2ccccc2)cc1N=C=S. The highest BCUT2D eigenvalue weighted by molar-refractivity contribution is 7.78. The summed E-state index contributed by atoms with van der Waals surface area (Å²) in [5, 5.41) is 16.1. The molecule has 0 aliphatic rings. The van der Waals surface area contributed by atoms with Gasteiger partial charge < -0.3 is 20.9 Å². The number of carbonyl (C=O) groups excluding carboxylic acids is 2. The van der Waals surface area contributed by atoms with Gasteiger partial charge in [-0.3, -0.25) is 9.69 Å². The molecule has 1 atom stereocenters. The molecule has 0 saturated heterocycles. The fourth-order valence-corrected chi connectivity index (χ4v) is 4.71. The third kappa shape index (κ3) is 7.61. The highest BCUT2D eigenvalue weighted by Gasteiger charge is 2.29. The number of nitrogens with one attached hydrogen (secondary N) is 1. The zero-order valence-electron chi connectivity index (χ0n) is 26.0.